The van der Waals surface area contributed by atoms with E-state index in [4.69, 9.17) is 4.74 Å². The first kappa shape index (κ1) is 25.6. The number of halogens is 3. The molecule has 3 rings (SSSR count). The van der Waals surface area contributed by atoms with Gasteiger partial charge in [-0.15, -0.1) is 0 Å². The number of rotatable bonds is 10. The second-order valence-electron chi connectivity index (χ2n) is 7.81. The van der Waals surface area contributed by atoms with Gasteiger partial charge in [0.05, 0.1) is 41.5 Å². The number of nitrogens with one attached hydrogen (secondary N) is 1. The molecule has 1 heterocycles. The highest BCUT2D eigenvalue weighted by Gasteiger charge is 2.30. The van der Waals surface area contributed by atoms with Crippen molar-refractivity contribution in [2.75, 3.05) is 10.1 Å². The zero-order chi connectivity index (χ0) is 24.9. The summed E-state index contributed by atoms with van der Waals surface area (Å²) in [5.41, 5.74) is 1.13. The molecule has 0 atom stereocenters. The SMILES string of the molecule is CCC(CC)Oc1cccc(N(Cc2cn[nH]c2-c2ccc(C(F)(F)F)cc2)S(=O)(=O)CC)c1. The van der Waals surface area contributed by atoms with Crippen LogP contribution in [0.2, 0.25) is 0 Å². The monoisotopic (exact) mass is 495 g/mol. The van der Waals surface area contributed by atoms with E-state index in [9.17, 15) is 21.6 Å². The lowest BCUT2D eigenvalue weighted by molar-refractivity contribution is -0.137. The van der Waals surface area contributed by atoms with Crippen molar-refractivity contribution in [2.24, 2.45) is 0 Å². The van der Waals surface area contributed by atoms with Gasteiger partial charge in [0.15, 0.2) is 0 Å². The Morgan fingerprint density at radius 3 is 2.32 bits per heavy atom. The van der Waals surface area contributed by atoms with Crippen molar-refractivity contribution in [3.63, 3.8) is 0 Å². The van der Waals surface area contributed by atoms with Gasteiger partial charge in [0.1, 0.15) is 5.75 Å². The minimum absolute atomic E-state index is 0.0200. The number of anilines is 1. The largest absolute Gasteiger partial charge is 0.490 e. The third kappa shape index (κ3) is 5.91. The Labute approximate surface area is 197 Å². The zero-order valence-corrected chi connectivity index (χ0v) is 20.1. The van der Waals surface area contributed by atoms with Crippen LogP contribution in [0.1, 0.15) is 44.7 Å². The second kappa shape index (κ2) is 10.5. The number of aromatic amines is 1. The number of alkyl halides is 3. The molecule has 0 aliphatic carbocycles. The van der Waals surface area contributed by atoms with Crippen molar-refractivity contribution in [1.82, 2.24) is 10.2 Å². The molecule has 10 heteroatoms. The summed E-state index contributed by atoms with van der Waals surface area (Å²) in [4.78, 5) is 0. The van der Waals surface area contributed by atoms with Gasteiger partial charge in [0.25, 0.3) is 0 Å². The van der Waals surface area contributed by atoms with Gasteiger partial charge < -0.3 is 4.74 Å². The number of nitrogens with zero attached hydrogens (tertiary/aromatic N) is 2. The lowest BCUT2D eigenvalue weighted by Gasteiger charge is -2.25. The number of ether oxygens (including phenoxy) is 1. The van der Waals surface area contributed by atoms with Crippen molar-refractivity contribution in [1.29, 1.82) is 0 Å². The van der Waals surface area contributed by atoms with Crippen molar-refractivity contribution in [2.45, 2.75) is 52.4 Å². The van der Waals surface area contributed by atoms with Crippen LogP contribution in [0.3, 0.4) is 0 Å². The number of hydrogen-bond acceptors (Lipinski definition) is 4. The Morgan fingerprint density at radius 2 is 1.74 bits per heavy atom. The molecule has 0 unspecified atom stereocenters. The summed E-state index contributed by atoms with van der Waals surface area (Å²) < 4.78 is 72.0. The summed E-state index contributed by atoms with van der Waals surface area (Å²) in [6.07, 6.45) is -1.29. The average molecular weight is 496 g/mol. The van der Waals surface area contributed by atoms with Crippen LogP contribution >= 0.6 is 0 Å². The van der Waals surface area contributed by atoms with E-state index < -0.39 is 21.8 Å². The number of benzene rings is 2. The van der Waals surface area contributed by atoms with Crippen LogP contribution in [0.5, 0.6) is 5.75 Å². The standard InChI is InChI=1S/C24H28F3N3O3S/c1-4-21(5-2)33-22-9-7-8-20(14-22)30(34(31,32)6-3)16-18-15-28-29-23(18)17-10-12-19(13-11-17)24(25,26)27/h7-15,21H,4-6,16H2,1-3H3,(H,28,29). The summed E-state index contributed by atoms with van der Waals surface area (Å²) >= 11 is 0. The molecule has 0 fully saturated rings. The predicted molar refractivity (Wildman–Crippen MR) is 126 cm³/mol. The Balaban J connectivity index is 1.95. The Kier molecular flexibility index (Phi) is 7.91. The molecule has 0 aliphatic rings. The summed E-state index contributed by atoms with van der Waals surface area (Å²) in [5, 5.41) is 6.79. The van der Waals surface area contributed by atoms with Crippen LogP contribution in [0.15, 0.2) is 54.7 Å². The number of H-pyrrole nitrogens is 1. The molecule has 184 valence electrons. The normalized spacial score (nSPS) is 12.2. The highest BCUT2D eigenvalue weighted by atomic mass is 32.2. The first-order valence-corrected chi connectivity index (χ1v) is 12.7. The van der Waals surface area contributed by atoms with Crippen molar-refractivity contribution < 1.29 is 26.3 Å². The van der Waals surface area contributed by atoms with Crippen molar-refractivity contribution >= 4 is 15.7 Å². The van der Waals surface area contributed by atoms with Gasteiger partial charge in [0, 0.05) is 11.6 Å². The fourth-order valence-electron chi connectivity index (χ4n) is 3.53. The van der Waals surface area contributed by atoms with Crippen LogP contribution in [0.25, 0.3) is 11.3 Å². The first-order valence-electron chi connectivity index (χ1n) is 11.1. The predicted octanol–water partition coefficient (Wildman–Crippen LogP) is 6.02. The highest BCUT2D eigenvalue weighted by molar-refractivity contribution is 7.92. The van der Waals surface area contributed by atoms with Crippen LogP contribution in [-0.4, -0.2) is 30.5 Å². The number of aromatic nitrogens is 2. The molecule has 0 saturated carbocycles. The van der Waals surface area contributed by atoms with E-state index in [2.05, 4.69) is 10.2 Å². The van der Waals surface area contributed by atoms with E-state index in [0.29, 0.717) is 28.3 Å². The summed E-state index contributed by atoms with van der Waals surface area (Å²) in [6.45, 7) is 5.55. The molecule has 2 aromatic carbocycles. The molecule has 0 bridgehead atoms. The van der Waals surface area contributed by atoms with Gasteiger partial charge in [-0.3, -0.25) is 9.40 Å². The lowest BCUT2D eigenvalue weighted by Crippen LogP contribution is -2.32. The molecule has 0 spiro atoms. The molecule has 0 saturated heterocycles. The topological polar surface area (TPSA) is 75.3 Å². The Morgan fingerprint density at radius 1 is 1.06 bits per heavy atom. The molecule has 0 amide bonds. The quantitative estimate of drug-likeness (QED) is 0.373. The maximum atomic E-state index is 13.0. The fraction of sp³-hybridized carbons (Fsp3) is 0.375. The molecule has 34 heavy (non-hydrogen) atoms. The number of hydrogen-bond donors (Lipinski definition) is 1. The van der Waals surface area contributed by atoms with Gasteiger partial charge >= 0.3 is 6.18 Å². The lowest BCUT2D eigenvalue weighted by atomic mass is 10.1. The third-order valence-corrected chi connectivity index (χ3v) is 7.29. The van der Waals surface area contributed by atoms with Gasteiger partial charge in [-0.25, -0.2) is 8.42 Å². The van der Waals surface area contributed by atoms with Gasteiger partial charge in [-0.05, 0) is 49.6 Å². The summed E-state index contributed by atoms with van der Waals surface area (Å²) in [6, 6.07) is 11.5. The molecule has 1 N–H and O–H groups in total. The Hall–Kier alpha value is -3.01. The molecular weight excluding hydrogens is 467 g/mol. The van der Waals surface area contributed by atoms with E-state index >= 15 is 0 Å². The summed E-state index contributed by atoms with van der Waals surface area (Å²) in [7, 11) is -3.68. The molecule has 3 aromatic rings. The minimum atomic E-state index is -4.44. The average Bonchev–Trinajstić information content (AvgIpc) is 3.29. The van der Waals surface area contributed by atoms with Gasteiger partial charge in [0.2, 0.25) is 10.0 Å². The van der Waals surface area contributed by atoms with Gasteiger partial charge in [-0.2, -0.15) is 18.3 Å². The third-order valence-electron chi connectivity index (χ3n) is 5.55. The maximum absolute atomic E-state index is 13.0. The van der Waals surface area contributed by atoms with Crippen LogP contribution in [0.4, 0.5) is 18.9 Å². The maximum Gasteiger partial charge on any atom is 0.416 e. The highest BCUT2D eigenvalue weighted by Crippen LogP contribution is 2.33. The first-order chi connectivity index (χ1) is 16.1. The molecule has 0 radical (unpaired) electrons. The van der Waals surface area contributed by atoms with Gasteiger partial charge in [-0.1, -0.05) is 32.0 Å². The van der Waals surface area contributed by atoms with Crippen LogP contribution < -0.4 is 9.04 Å². The fourth-order valence-corrected chi connectivity index (χ4v) is 4.61. The molecular formula is C24H28F3N3O3S. The molecule has 6 nitrogen and oxygen atoms in total. The van der Waals surface area contributed by atoms with Crippen LogP contribution in [0, 0.1) is 0 Å². The van der Waals surface area contributed by atoms with E-state index in [1.54, 1.807) is 31.2 Å². The van der Waals surface area contributed by atoms with Crippen LogP contribution in [-0.2, 0) is 22.7 Å². The zero-order valence-electron chi connectivity index (χ0n) is 19.3. The van der Waals surface area contributed by atoms with E-state index in [0.717, 1.165) is 25.0 Å². The van der Waals surface area contributed by atoms with E-state index in [1.165, 1.54) is 22.6 Å². The van der Waals surface area contributed by atoms with Crippen molar-refractivity contribution in [3.8, 4) is 17.0 Å². The van der Waals surface area contributed by atoms with E-state index in [1.807, 2.05) is 13.8 Å². The molecule has 1 aromatic heterocycles. The van der Waals surface area contributed by atoms with Crippen molar-refractivity contribution in [3.05, 3.63) is 65.9 Å². The smallest absolute Gasteiger partial charge is 0.416 e. The minimum Gasteiger partial charge on any atom is -0.490 e. The number of sulfonamides is 1. The second-order valence-corrected chi connectivity index (χ2v) is 9.99. The molecule has 0 aliphatic heterocycles. The summed E-state index contributed by atoms with van der Waals surface area (Å²) in [5.74, 6) is 0.440. The van der Waals surface area contributed by atoms with E-state index in [-0.39, 0.29) is 18.4 Å². The Bertz CT molecular complexity index is 1190.